The van der Waals surface area contributed by atoms with E-state index in [0.717, 1.165) is 6.07 Å². The lowest BCUT2D eigenvalue weighted by Crippen LogP contribution is -2.33. The Morgan fingerprint density at radius 1 is 1.03 bits per heavy atom. The van der Waals surface area contributed by atoms with E-state index < -0.39 is 83.2 Å². The first kappa shape index (κ1) is 27.1. The van der Waals surface area contributed by atoms with Crippen LogP contribution in [-0.2, 0) is 31.6 Å². The van der Waals surface area contributed by atoms with Crippen LogP contribution in [0.2, 0.25) is 0 Å². The van der Waals surface area contributed by atoms with Crippen molar-refractivity contribution in [2.45, 2.75) is 24.4 Å². The van der Waals surface area contributed by atoms with Crippen LogP contribution in [0.1, 0.15) is 11.7 Å². The topological polar surface area (TPSA) is 255 Å². The van der Waals surface area contributed by atoms with Gasteiger partial charge in [-0.25, -0.2) is 18.1 Å². The van der Waals surface area contributed by atoms with Gasteiger partial charge in [0.05, 0.1) is 17.7 Å². The number of hydrogen-bond donors (Lipinski definition) is 7. The van der Waals surface area contributed by atoms with Gasteiger partial charge in [-0.15, -0.1) is 0 Å². The molecule has 0 amide bonds. The van der Waals surface area contributed by atoms with Gasteiger partial charge in [0.25, 0.3) is 5.56 Å². The summed E-state index contributed by atoms with van der Waals surface area (Å²) in [7, 11) is -17.0. The molecule has 0 saturated carbocycles. The maximum absolute atomic E-state index is 14.0. The summed E-state index contributed by atoms with van der Waals surface area (Å²) >= 11 is 0. The third-order valence-corrected chi connectivity index (χ3v) is 8.05. The summed E-state index contributed by atoms with van der Waals surface area (Å²) in [4.78, 5) is 53.3. The molecule has 16 nitrogen and oxygen atoms in total. The molecule has 6 atom stereocenters. The summed E-state index contributed by atoms with van der Waals surface area (Å²) < 4.78 is 77.6. The first-order chi connectivity index (χ1) is 15.5. The minimum Gasteiger partial charge on any atom is -0.387 e. The second-order valence-corrected chi connectivity index (χ2v) is 11.1. The number of aliphatic hydroxyl groups is 2. The Bertz CT molecular complexity index is 1250. The number of phosphoric ester groups is 1. The second-order valence-electron chi connectivity index (χ2n) is 6.71. The Morgan fingerprint density at radius 3 is 2.29 bits per heavy atom. The number of rotatable bonds is 8. The van der Waals surface area contributed by atoms with Crippen LogP contribution in [0.3, 0.4) is 0 Å². The molecule has 21 heteroatoms. The highest BCUT2D eigenvalue weighted by atomic mass is 31.3. The molecule has 0 aromatic carbocycles. The molecule has 0 spiro atoms. The predicted octanol–water partition coefficient (Wildman–Crippen LogP) is -0.342. The molecular formula is C13H15F2N2O14P3. The summed E-state index contributed by atoms with van der Waals surface area (Å²) in [6.45, 7) is -1.12. The Labute approximate surface area is 186 Å². The van der Waals surface area contributed by atoms with Crippen LogP contribution >= 0.6 is 23.5 Å². The van der Waals surface area contributed by atoms with E-state index in [0.29, 0.717) is 6.07 Å². The standard InChI is InChI=1S/C13H15F2N2O14P3/c14-6-2-8(15)16-12-4(6)1-5(13(20)17-12)11-10(19)9(18)7(29-11)3-28-33(24,25)31-34(26,27)30-32(21,22)23/h1-2,7,9-11,18-19H,3H2,(H,24,25)(H,26,27)(H,16,17,20)(H2,21,22,23)/t7-,9+,10?,11+/m1/s1. The third kappa shape index (κ3) is 6.38. The Hall–Kier alpha value is -1.49. The van der Waals surface area contributed by atoms with Crippen LogP contribution in [0.25, 0.3) is 11.4 Å². The zero-order chi connectivity index (χ0) is 25.6. The van der Waals surface area contributed by atoms with Gasteiger partial charge in [0.2, 0.25) is 0 Å². The van der Waals surface area contributed by atoms with Crippen molar-refractivity contribution in [3.05, 3.63) is 39.8 Å². The average Bonchev–Trinajstić information content (AvgIpc) is 2.91. The first-order valence-corrected chi connectivity index (χ1v) is 13.2. The number of aromatic amines is 1. The molecule has 0 aromatic heterocycles. The highest BCUT2D eigenvalue weighted by Crippen LogP contribution is 2.66. The van der Waals surface area contributed by atoms with Gasteiger partial charge in [-0.3, -0.25) is 9.32 Å². The van der Waals surface area contributed by atoms with Crippen LogP contribution in [0.4, 0.5) is 8.78 Å². The van der Waals surface area contributed by atoms with Gasteiger partial charge >= 0.3 is 23.5 Å². The molecule has 0 aromatic rings. The van der Waals surface area contributed by atoms with Gasteiger partial charge < -0.3 is 39.5 Å². The number of ether oxygens (including phenoxy) is 1. The van der Waals surface area contributed by atoms with Crippen LogP contribution in [0.5, 0.6) is 0 Å². The average molecular weight is 554 g/mol. The third-order valence-electron chi connectivity index (χ3n) is 4.25. The second kappa shape index (κ2) is 9.52. The molecule has 7 N–H and O–H groups in total. The summed E-state index contributed by atoms with van der Waals surface area (Å²) in [6.07, 6.45) is -7.12. The van der Waals surface area contributed by atoms with Crippen LogP contribution in [0.15, 0.2) is 16.9 Å². The Kier molecular flexibility index (Phi) is 7.59. The quantitative estimate of drug-likeness (QED) is 0.163. The molecular weight excluding hydrogens is 539 g/mol. The van der Waals surface area contributed by atoms with Gasteiger partial charge in [0.15, 0.2) is 5.95 Å². The number of halogens is 2. The first-order valence-electron chi connectivity index (χ1n) is 8.67. The molecule has 3 aliphatic heterocycles. The van der Waals surface area contributed by atoms with Crippen molar-refractivity contribution in [3.8, 4) is 11.4 Å². The lowest BCUT2D eigenvalue weighted by Gasteiger charge is -2.19. The normalized spacial score (nSPS) is 26.9. The lowest BCUT2D eigenvalue weighted by molar-refractivity contribution is -0.0226. The van der Waals surface area contributed by atoms with Crippen molar-refractivity contribution in [3.63, 3.8) is 0 Å². The molecule has 0 radical (unpaired) electrons. The SMILES string of the molecule is O=c1nc2[nH]c(F)cc(F)c-2cc1[C@@H]1O[C@H](COP(=O)(O)OP(=O)(O)OP(=O)(O)O)[C@H](O)C1O. The van der Waals surface area contributed by atoms with E-state index in [4.69, 9.17) is 19.4 Å². The smallest absolute Gasteiger partial charge is 0.387 e. The number of aliphatic hydroxyl groups excluding tert-OH is 2. The van der Waals surface area contributed by atoms with Crippen LogP contribution < -0.4 is 5.56 Å². The maximum Gasteiger partial charge on any atom is 0.490 e. The van der Waals surface area contributed by atoms with E-state index in [-0.39, 0.29) is 5.56 Å². The zero-order valence-electron chi connectivity index (χ0n) is 16.2. The van der Waals surface area contributed by atoms with E-state index in [9.17, 15) is 42.4 Å². The molecule has 34 heavy (non-hydrogen) atoms. The number of fused-ring (bicyclic) bond motifs is 1. The fourth-order valence-electron chi connectivity index (χ4n) is 2.95. The number of pyridine rings is 2. The molecule has 190 valence electrons. The van der Waals surface area contributed by atoms with Gasteiger partial charge in [0, 0.05) is 6.07 Å². The highest BCUT2D eigenvalue weighted by molar-refractivity contribution is 7.66. The summed E-state index contributed by atoms with van der Waals surface area (Å²) in [6, 6.07) is 1.34. The van der Waals surface area contributed by atoms with Crippen LogP contribution in [-0.4, -0.2) is 64.7 Å². The minimum absolute atomic E-state index is 0.363. The number of aromatic nitrogens is 2. The van der Waals surface area contributed by atoms with Crippen molar-refractivity contribution >= 4 is 23.5 Å². The van der Waals surface area contributed by atoms with E-state index in [2.05, 4.69) is 18.1 Å². The van der Waals surface area contributed by atoms with Crippen LogP contribution in [0, 0.1) is 11.8 Å². The van der Waals surface area contributed by atoms with Gasteiger partial charge in [0.1, 0.15) is 36.1 Å². The molecule has 3 aliphatic rings. The lowest BCUT2D eigenvalue weighted by atomic mass is 10.0. The number of phosphoric acid groups is 3. The van der Waals surface area contributed by atoms with Crippen molar-refractivity contribution in [1.29, 1.82) is 0 Å². The fourth-order valence-corrected chi connectivity index (χ4v) is 5.98. The molecule has 0 bridgehead atoms. The van der Waals surface area contributed by atoms with Gasteiger partial charge in [-0.1, -0.05) is 0 Å². The van der Waals surface area contributed by atoms with Crippen molar-refractivity contribution < 1.29 is 70.1 Å². The molecule has 3 heterocycles. The molecule has 1 saturated heterocycles. The maximum atomic E-state index is 14.0. The Balaban J connectivity index is 1.76. The minimum atomic E-state index is -5.79. The van der Waals surface area contributed by atoms with Gasteiger partial charge in [-0.05, 0) is 6.07 Å². The van der Waals surface area contributed by atoms with Crippen molar-refractivity contribution in [2.75, 3.05) is 6.61 Å². The van der Waals surface area contributed by atoms with Crippen molar-refractivity contribution in [1.82, 2.24) is 9.97 Å². The molecule has 1 fully saturated rings. The highest BCUT2D eigenvalue weighted by Gasteiger charge is 2.47. The van der Waals surface area contributed by atoms with E-state index in [1.54, 1.807) is 0 Å². The summed E-state index contributed by atoms with van der Waals surface area (Å²) in [5.41, 5.74) is -1.93. The number of nitrogens with zero attached hydrogens (tertiary/aromatic N) is 1. The molecule has 3 unspecified atom stereocenters. The predicted molar refractivity (Wildman–Crippen MR) is 101 cm³/mol. The summed E-state index contributed by atoms with van der Waals surface area (Å²) in [5.74, 6) is -2.69. The Morgan fingerprint density at radius 2 is 1.68 bits per heavy atom. The van der Waals surface area contributed by atoms with E-state index >= 15 is 0 Å². The van der Waals surface area contributed by atoms with E-state index in [1.807, 2.05) is 4.98 Å². The van der Waals surface area contributed by atoms with E-state index in [1.165, 1.54) is 0 Å². The van der Waals surface area contributed by atoms with Crippen molar-refractivity contribution in [2.24, 2.45) is 0 Å². The molecule has 3 rings (SSSR count). The fraction of sp³-hybridized carbons (Fsp3) is 0.385. The number of H-pyrrole nitrogens is 1. The largest absolute Gasteiger partial charge is 0.490 e. The number of nitrogens with one attached hydrogen (secondary N) is 1. The number of hydrogen-bond acceptors (Lipinski definition) is 11. The molecule has 0 aliphatic carbocycles. The monoisotopic (exact) mass is 554 g/mol. The zero-order valence-corrected chi connectivity index (χ0v) is 18.8. The van der Waals surface area contributed by atoms with Gasteiger partial charge in [-0.2, -0.15) is 18.0 Å². The summed E-state index contributed by atoms with van der Waals surface area (Å²) in [5, 5.41) is 20.3.